The number of aromatic nitrogens is 4. The topological polar surface area (TPSA) is 165 Å². The molecule has 55 heavy (non-hydrogen) atoms. The summed E-state index contributed by atoms with van der Waals surface area (Å²) >= 11 is 0. The molecule has 0 bridgehead atoms. The van der Waals surface area contributed by atoms with Gasteiger partial charge in [-0.15, -0.1) is 0 Å². The molecule has 4 aromatic carbocycles. The Morgan fingerprint density at radius 3 is 2.13 bits per heavy atom. The summed E-state index contributed by atoms with van der Waals surface area (Å²) in [5, 5.41) is 9.61. The number of carbonyl (C=O) groups is 4. The van der Waals surface area contributed by atoms with Crippen LogP contribution in [-0.2, 0) is 25.7 Å². The molecule has 3 atom stereocenters. The molecule has 0 saturated carbocycles. The molecule has 1 aliphatic heterocycles. The summed E-state index contributed by atoms with van der Waals surface area (Å²) < 4.78 is 4.66. The predicted octanol–water partition coefficient (Wildman–Crippen LogP) is 6.72. The van der Waals surface area contributed by atoms with Crippen LogP contribution in [0.2, 0.25) is 0 Å². The molecular weight excluding hydrogens is 697 g/mol. The van der Waals surface area contributed by atoms with E-state index in [1.807, 2.05) is 37.8 Å². The summed E-state index contributed by atoms with van der Waals surface area (Å²) in [5.74, 6) is 0.900. The summed E-state index contributed by atoms with van der Waals surface area (Å²) in [6.45, 7) is 10.4. The quantitative estimate of drug-likeness (QED) is 0.114. The van der Waals surface area contributed by atoms with Gasteiger partial charge >= 0.3 is 6.09 Å². The number of hydrogen-bond acceptors (Lipinski definition) is 7. The van der Waals surface area contributed by atoms with Gasteiger partial charge in [-0.2, -0.15) is 0 Å². The van der Waals surface area contributed by atoms with E-state index in [0.717, 1.165) is 79.8 Å². The van der Waals surface area contributed by atoms with Crippen LogP contribution in [0.15, 0.2) is 60.7 Å². The second-order valence-corrected chi connectivity index (χ2v) is 14.8. The summed E-state index contributed by atoms with van der Waals surface area (Å²) in [5.41, 5.74) is 5.64. The minimum absolute atomic E-state index is 0.0346. The van der Waals surface area contributed by atoms with Crippen molar-refractivity contribution in [2.45, 2.75) is 78.6 Å². The van der Waals surface area contributed by atoms with Crippen LogP contribution >= 0.6 is 0 Å². The Morgan fingerprint density at radius 1 is 0.891 bits per heavy atom. The number of methoxy groups -OCH3 is 1. The Balaban J connectivity index is 1.13. The second kappa shape index (κ2) is 15.4. The normalized spacial score (nSPS) is 15.5. The highest BCUT2D eigenvalue weighted by Crippen LogP contribution is 2.36. The van der Waals surface area contributed by atoms with Crippen LogP contribution in [0.1, 0.15) is 71.6 Å². The minimum atomic E-state index is -0.735. The molecule has 7 rings (SSSR count). The Hall–Kier alpha value is -5.98. The number of aromatic amines is 2. The first kappa shape index (κ1) is 37.3. The fourth-order valence-corrected chi connectivity index (χ4v) is 7.80. The zero-order valence-electron chi connectivity index (χ0n) is 32.2. The molecule has 13 heteroatoms. The van der Waals surface area contributed by atoms with E-state index in [4.69, 9.17) is 9.97 Å². The third-order valence-corrected chi connectivity index (χ3v) is 10.5. The fourth-order valence-electron chi connectivity index (χ4n) is 7.80. The van der Waals surface area contributed by atoms with E-state index in [9.17, 15) is 19.2 Å². The summed E-state index contributed by atoms with van der Waals surface area (Å²) in [7, 11) is 1.27. The number of ether oxygens (including phenoxy) is 1. The number of fused-ring (bicyclic) bond motifs is 6. The molecule has 286 valence electrons. The van der Waals surface area contributed by atoms with Crippen LogP contribution in [0.5, 0.6) is 0 Å². The Morgan fingerprint density at radius 2 is 1.53 bits per heavy atom. The SMILES string of the molecule is CCCN(Cc1nc2ccc3cc(-c4ccc5c(ccc6nc(C7CCCN7C(=O)[C@@H](NC(C)=O)C(C)C)[nH]c65)c4)ccc3c2[nH]1)C(=O)[C@H](C)NC(=O)OC. The van der Waals surface area contributed by atoms with E-state index in [1.54, 1.807) is 11.8 Å². The van der Waals surface area contributed by atoms with Gasteiger partial charge in [0.05, 0.1) is 41.8 Å². The largest absolute Gasteiger partial charge is 0.453 e. The molecule has 0 spiro atoms. The van der Waals surface area contributed by atoms with Crippen molar-refractivity contribution in [3.05, 3.63) is 72.3 Å². The zero-order chi connectivity index (χ0) is 39.0. The van der Waals surface area contributed by atoms with Crippen LogP contribution in [0.4, 0.5) is 4.79 Å². The molecule has 1 aliphatic rings. The third-order valence-electron chi connectivity index (χ3n) is 10.5. The van der Waals surface area contributed by atoms with Crippen LogP contribution in [0.25, 0.3) is 54.7 Å². The van der Waals surface area contributed by atoms with E-state index >= 15 is 0 Å². The number of likely N-dealkylation sites (tertiary alicyclic amines) is 1. The van der Waals surface area contributed by atoms with Crippen LogP contribution < -0.4 is 10.6 Å². The average Bonchev–Trinajstić information content (AvgIpc) is 3.94. The Bertz CT molecular complexity index is 2430. The van der Waals surface area contributed by atoms with Gasteiger partial charge in [0.2, 0.25) is 17.7 Å². The molecule has 1 unspecified atom stereocenters. The molecule has 2 aromatic heterocycles. The van der Waals surface area contributed by atoms with Crippen molar-refractivity contribution in [3.63, 3.8) is 0 Å². The number of alkyl carbamates (subject to hydrolysis) is 1. The number of imidazole rings is 2. The molecular formula is C42H48N8O5. The Kier molecular flexibility index (Phi) is 10.5. The van der Waals surface area contributed by atoms with Crippen molar-refractivity contribution in [2.75, 3.05) is 20.2 Å². The van der Waals surface area contributed by atoms with Gasteiger partial charge in [0.1, 0.15) is 23.7 Å². The van der Waals surface area contributed by atoms with Gasteiger partial charge < -0.3 is 35.1 Å². The minimum Gasteiger partial charge on any atom is -0.453 e. The van der Waals surface area contributed by atoms with Crippen molar-refractivity contribution in [3.8, 4) is 11.1 Å². The van der Waals surface area contributed by atoms with Crippen LogP contribution in [-0.4, -0.2) is 85.8 Å². The number of nitrogens with zero attached hydrogens (tertiary/aromatic N) is 4. The van der Waals surface area contributed by atoms with Gasteiger partial charge in [-0.3, -0.25) is 14.4 Å². The van der Waals surface area contributed by atoms with Crippen molar-refractivity contribution in [1.82, 2.24) is 40.4 Å². The third kappa shape index (κ3) is 7.43. The van der Waals surface area contributed by atoms with Crippen molar-refractivity contribution < 1.29 is 23.9 Å². The lowest BCUT2D eigenvalue weighted by Crippen LogP contribution is -2.50. The molecule has 1 saturated heterocycles. The van der Waals surface area contributed by atoms with Gasteiger partial charge in [-0.1, -0.05) is 57.2 Å². The van der Waals surface area contributed by atoms with Crippen molar-refractivity contribution in [1.29, 1.82) is 0 Å². The lowest BCUT2D eigenvalue weighted by Gasteiger charge is -2.30. The highest BCUT2D eigenvalue weighted by atomic mass is 16.5. The highest BCUT2D eigenvalue weighted by molar-refractivity contribution is 6.07. The maximum Gasteiger partial charge on any atom is 0.407 e. The zero-order valence-corrected chi connectivity index (χ0v) is 32.2. The molecule has 4 N–H and O–H groups in total. The van der Waals surface area contributed by atoms with E-state index in [0.29, 0.717) is 18.9 Å². The number of benzene rings is 4. The Labute approximate surface area is 319 Å². The standard InChI is InChI=1S/C42H48N8O5/c1-7-18-49(40(52)24(4)43-42(54)55-6)22-35-45-32-16-12-28-20-26(10-14-30(28)37(32)47-35)27-11-15-31-29(21-27)13-17-33-38(31)48-39(46-33)34-9-8-19-50(34)41(53)36(23(2)3)44-25(5)51/h10-17,20-21,23-24,34,36H,7-9,18-19,22H2,1-6H3,(H,43,54)(H,44,51)(H,45,47)(H,46,48)/t24-,34?,36-/m0/s1. The molecule has 1 fully saturated rings. The molecule has 3 heterocycles. The number of rotatable bonds is 11. The van der Waals surface area contributed by atoms with E-state index in [-0.39, 0.29) is 36.2 Å². The van der Waals surface area contributed by atoms with Crippen molar-refractivity contribution >= 4 is 67.4 Å². The lowest BCUT2D eigenvalue weighted by molar-refractivity contribution is -0.138. The van der Waals surface area contributed by atoms with Gasteiger partial charge in [0, 0.05) is 30.8 Å². The van der Waals surface area contributed by atoms with Crippen LogP contribution in [0.3, 0.4) is 0 Å². The predicted molar refractivity (Wildman–Crippen MR) is 213 cm³/mol. The number of H-pyrrole nitrogens is 2. The van der Waals surface area contributed by atoms with E-state index in [2.05, 4.69) is 73.9 Å². The van der Waals surface area contributed by atoms with Gasteiger partial charge in [-0.05, 0) is 78.3 Å². The number of amides is 4. The average molecular weight is 745 g/mol. The van der Waals surface area contributed by atoms with E-state index in [1.165, 1.54) is 14.0 Å². The highest BCUT2D eigenvalue weighted by Gasteiger charge is 2.37. The van der Waals surface area contributed by atoms with E-state index < -0.39 is 18.2 Å². The first-order valence-electron chi connectivity index (χ1n) is 19.0. The lowest BCUT2D eigenvalue weighted by atomic mass is 9.98. The fraction of sp³-hybridized carbons (Fsp3) is 0.381. The maximum absolute atomic E-state index is 13.6. The molecule has 6 aromatic rings. The summed E-state index contributed by atoms with van der Waals surface area (Å²) in [6.07, 6.45) is 1.78. The summed E-state index contributed by atoms with van der Waals surface area (Å²) in [6, 6.07) is 19.5. The monoisotopic (exact) mass is 744 g/mol. The molecule has 4 amide bonds. The molecule has 13 nitrogen and oxygen atoms in total. The second-order valence-electron chi connectivity index (χ2n) is 14.8. The first-order valence-corrected chi connectivity index (χ1v) is 19.0. The smallest absolute Gasteiger partial charge is 0.407 e. The van der Waals surface area contributed by atoms with Crippen LogP contribution in [0, 0.1) is 5.92 Å². The maximum atomic E-state index is 13.6. The number of hydrogen-bond donors (Lipinski definition) is 4. The number of nitrogens with one attached hydrogen (secondary N) is 4. The molecule has 0 aliphatic carbocycles. The molecule has 0 radical (unpaired) electrons. The number of carbonyl (C=O) groups excluding carboxylic acids is 4. The summed E-state index contributed by atoms with van der Waals surface area (Å²) in [4.78, 5) is 70.7. The first-order chi connectivity index (χ1) is 26.4. The van der Waals surface area contributed by atoms with Gasteiger partial charge in [0.25, 0.3) is 0 Å². The van der Waals surface area contributed by atoms with Gasteiger partial charge in [0.15, 0.2) is 0 Å². The van der Waals surface area contributed by atoms with Gasteiger partial charge in [-0.25, -0.2) is 14.8 Å². The van der Waals surface area contributed by atoms with Crippen molar-refractivity contribution in [2.24, 2.45) is 5.92 Å².